The molecule has 0 radical (unpaired) electrons. The van der Waals surface area contributed by atoms with Gasteiger partial charge in [0.15, 0.2) is 5.13 Å². The van der Waals surface area contributed by atoms with Crippen LogP contribution >= 0.6 is 11.3 Å². The second-order valence-electron chi connectivity index (χ2n) is 6.29. The summed E-state index contributed by atoms with van der Waals surface area (Å²) in [6.45, 7) is 7.01. The Morgan fingerprint density at radius 3 is 2.56 bits per heavy atom. The zero-order valence-corrected chi connectivity index (χ0v) is 15.3. The van der Waals surface area contributed by atoms with Crippen LogP contribution < -0.4 is 10.2 Å². The van der Waals surface area contributed by atoms with E-state index in [1.165, 1.54) is 11.3 Å². The monoisotopic (exact) mass is 359 g/mol. The van der Waals surface area contributed by atoms with Crippen LogP contribution in [0.1, 0.15) is 43.0 Å². The maximum atomic E-state index is 12.5. The number of ether oxygens (including phenoxy) is 1. The maximum absolute atomic E-state index is 12.5. The number of aromatic nitrogens is 1. The summed E-state index contributed by atoms with van der Waals surface area (Å²) in [5.74, 6) is -0.0191. The van der Waals surface area contributed by atoms with Crippen molar-refractivity contribution < 1.29 is 14.3 Å². The van der Waals surface area contributed by atoms with Crippen LogP contribution in [0, 0.1) is 0 Å². The Hall–Kier alpha value is -2.41. The van der Waals surface area contributed by atoms with Crippen molar-refractivity contribution in [2.75, 3.05) is 23.4 Å². The third-order valence-corrected chi connectivity index (χ3v) is 5.39. The molecule has 1 saturated heterocycles. The van der Waals surface area contributed by atoms with Crippen LogP contribution in [0.15, 0.2) is 30.5 Å². The van der Waals surface area contributed by atoms with Gasteiger partial charge in [0.1, 0.15) is 6.61 Å². The Kier molecular flexibility index (Phi) is 5.03. The first kappa shape index (κ1) is 17.4. The van der Waals surface area contributed by atoms with Crippen molar-refractivity contribution in [3.63, 3.8) is 0 Å². The zero-order chi connectivity index (χ0) is 18.0. The van der Waals surface area contributed by atoms with Gasteiger partial charge >= 0.3 is 6.09 Å². The average molecular weight is 359 g/mol. The van der Waals surface area contributed by atoms with E-state index in [2.05, 4.69) is 24.1 Å². The molecular formula is C18H21N3O3S. The van der Waals surface area contributed by atoms with Crippen molar-refractivity contribution in [2.24, 2.45) is 0 Å². The number of benzene rings is 1. The van der Waals surface area contributed by atoms with Gasteiger partial charge in [-0.25, -0.2) is 9.78 Å². The molecule has 0 saturated carbocycles. The van der Waals surface area contributed by atoms with Crippen LogP contribution in [-0.4, -0.2) is 30.1 Å². The number of thiazole rings is 1. The van der Waals surface area contributed by atoms with Crippen molar-refractivity contribution in [3.8, 4) is 0 Å². The summed E-state index contributed by atoms with van der Waals surface area (Å²) in [4.78, 5) is 31.0. The van der Waals surface area contributed by atoms with E-state index in [0.29, 0.717) is 24.2 Å². The van der Waals surface area contributed by atoms with Crippen LogP contribution in [0.3, 0.4) is 0 Å². The molecule has 7 heteroatoms. The fourth-order valence-electron chi connectivity index (χ4n) is 2.55. The summed E-state index contributed by atoms with van der Waals surface area (Å²) < 4.78 is 4.94. The van der Waals surface area contributed by atoms with Crippen molar-refractivity contribution in [1.82, 2.24) is 4.98 Å². The van der Waals surface area contributed by atoms with Gasteiger partial charge in [0, 0.05) is 16.8 Å². The van der Waals surface area contributed by atoms with Gasteiger partial charge in [-0.1, -0.05) is 26.0 Å². The van der Waals surface area contributed by atoms with E-state index in [0.717, 1.165) is 16.1 Å². The number of carbonyl (C=O) groups is 2. The number of amides is 2. The summed E-state index contributed by atoms with van der Waals surface area (Å²) in [6.07, 6.45) is 1.47. The summed E-state index contributed by atoms with van der Waals surface area (Å²) >= 11 is 1.50. The van der Waals surface area contributed by atoms with Crippen molar-refractivity contribution in [3.05, 3.63) is 40.9 Å². The molecule has 2 heterocycles. The lowest BCUT2D eigenvalue weighted by molar-refractivity contribution is -0.117. The molecule has 6 nitrogen and oxygen atoms in total. The molecule has 0 spiro atoms. The average Bonchev–Trinajstić information content (AvgIpc) is 3.23. The van der Waals surface area contributed by atoms with Crippen molar-refractivity contribution >= 4 is 34.2 Å². The van der Waals surface area contributed by atoms with Gasteiger partial charge in [0.05, 0.1) is 12.5 Å². The predicted octanol–water partition coefficient (Wildman–Crippen LogP) is 3.97. The minimum absolute atomic E-state index is 0.0991. The second kappa shape index (κ2) is 7.23. The molecule has 2 aromatic rings. The van der Waals surface area contributed by atoms with Gasteiger partial charge in [-0.15, -0.1) is 11.3 Å². The lowest BCUT2D eigenvalue weighted by Gasteiger charge is -2.15. The van der Waals surface area contributed by atoms with Gasteiger partial charge < -0.3 is 10.1 Å². The molecule has 2 amide bonds. The first-order chi connectivity index (χ1) is 12.0. The summed E-state index contributed by atoms with van der Waals surface area (Å²) in [6, 6.07) is 7.41. The van der Waals surface area contributed by atoms with Gasteiger partial charge in [-0.3, -0.25) is 9.69 Å². The van der Waals surface area contributed by atoms with Crippen LogP contribution in [0.5, 0.6) is 0 Å². The first-order valence-electron chi connectivity index (χ1n) is 8.26. The Balaban J connectivity index is 1.66. The van der Waals surface area contributed by atoms with Crippen LogP contribution in [0.25, 0.3) is 0 Å². The first-order valence-corrected chi connectivity index (χ1v) is 9.08. The number of hydrogen-bond acceptors (Lipinski definition) is 5. The molecule has 1 aliphatic heterocycles. The molecule has 1 unspecified atom stereocenters. The number of rotatable bonds is 5. The molecule has 1 aromatic heterocycles. The van der Waals surface area contributed by atoms with E-state index in [4.69, 9.17) is 4.74 Å². The minimum Gasteiger partial charge on any atom is -0.447 e. The Morgan fingerprint density at radius 1 is 1.28 bits per heavy atom. The van der Waals surface area contributed by atoms with Crippen LogP contribution in [0.4, 0.5) is 15.6 Å². The minimum atomic E-state index is -0.330. The third kappa shape index (κ3) is 3.82. The Labute approximate surface area is 150 Å². The number of nitrogens with zero attached hydrogens (tertiary/aromatic N) is 2. The summed E-state index contributed by atoms with van der Waals surface area (Å²) in [5.41, 5.74) is 1.66. The number of anilines is 2. The fraction of sp³-hybridized carbons (Fsp3) is 0.389. The highest BCUT2D eigenvalue weighted by Gasteiger charge is 2.24. The van der Waals surface area contributed by atoms with Gasteiger partial charge in [-0.05, 0) is 30.5 Å². The smallest absolute Gasteiger partial charge is 0.414 e. The molecule has 1 fully saturated rings. The molecule has 25 heavy (non-hydrogen) atoms. The SMILES string of the molecule is CC(C)c1cnc(NC(=O)C(C)c2ccc(N3CCOC3=O)cc2)s1. The topological polar surface area (TPSA) is 71.5 Å². The number of nitrogens with one attached hydrogen (secondary N) is 1. The summed E-state index contributed by atoms with van der Waals surface area (Å²) in [5, 5.41) is 3.50. The number of hydrogen-bond donors (Lipinski definition) is 1. The van der Waals surface area contributed by atoms with Crippen LogP contribution in [0.2, 0.25) is 0 Å². The molecule has 1 aromatic carbocycles. The van der Waals surface area contributed by atoms with Crippen molar-refractivity contribution in [2.45, 2.75) is 32.6 Å². The Bertz CT molecular complexity index is 770. The molecule has 0 aliphatic carbocycles. The van der Waals surface area contributed by atoms with E-state index >= 15 is 0 Å². The summed E-state index contributed by atoms with van der Waals surface area (Å²) in [7, 11) is 0. The van der Waals surface area contributed by atoms with Gasteiger partial charge in [0.25, 0.3) is 0 Å². The fourth-order valence-corrected chi connectivity index (χ4v) is 3.37. The number of carbonyl (C=O) groups excluding carboxylic acids is 2. The lowest BCUT2D eigenvalue weighted by atomic mass is 10.00. The number of cyclic esters (lactones) is 1. The molecular weight excluding hydrogens is 338 g/mol. The zero-order valence-electron chi connectivity index (χ0n) is 14.5. The molecule has 3 rings (SSSR count). The highest BCUT2D eigenvalue weighted by Crippen LogP contribution is 2.27. The van der Waals surface area contributed by atoms with E-state index in [9.17, 15) is 9.59 Å². The molecule has 0 bridgehead atoms. The normalized spacial score (nSPS) is 15.4. The highest BCUT2D eigenvalue weighted by molar-refractivity contribution is 7.15. The third-order valence-electron chi connectivity index (χ3n) is 4.18. The molecule has 1 aliphatic rings. The van der Waals surface area contributed by atoms with E-state index < -0.39 is 0 Å². The van der Waals surface area contributed by atoms with E-state index in [-0.39, 0.29) is 17.9 Å². The Morgan fingerprint density at radius 2 is 2.00 bits per heavy atom. The molecule has 132 valence electrons. The largest absolute Gasteiger partial charge is 0.447 e. The van der Waals surface area contributed by atoms with Crippen LogP contribution in [-0.2, 0) is 9.53 Å². The van der Waals surface area contributed by atoms with E-state index in [1.807, 2.05) is 31.2 Å². The van der Waals surface area contributed by atoms with Gasteiger partial charge in [-0.2, -0.15) is 0 Å². The maximum Gasteiger partial charge on any atom is 0.414 e. The highest BCUT2D eigenvalue weighted by atomic mass is 32.1. The molecule has 1 N–H and O–H groups in total. The lowest BCUT2D eigenvalue weighted by Crippen LogP contribution is -2.23. The van der Waals surface area contributed by atoms with E-state index in [1.54, 1.807) is 11.1 Å². The van der Waals surface area contributed by atoms with Gasteiger partial charge in [0.2, 0.25) is 5.91 Å². The quantitative estimate of drug-likeness (QED) is 0.877. The van der Waals surface area contributed by atoms with Crippen molar-refractivity contribution in [1.29, 1.82) is 0 Å². The second-order valence-corrected chi connectivity index (χ2v) is 7.35. The standard InChI is InChI=1S/C18H21N3O3S/c1-11(2)15-10-19-17(25-15)20-16(22)12(3)13-4-6-14(7-5-13)21-8-9-24-18(21)23/h4-7,10-12H,8-9H2,1-3H3,(H,19,20,22). The molecule has 1 atom stereocenters. The predicted molar refractivity (Wildman–Crippen MR) is 98.4 cm³/mol.